The molecule has 0 spiro atoms. The van der Waals surface area contributed by atoms with Crippen molar-refractivity contribution in [1.82, 2.24) is 0 Å². The normalized spacial score (nSPS) is 12.7. The van der Waals surface area contributed by atoms with E-state index in [2.05, 4.69) is 5.32 Å². The van der Waals surface area contributed by atoms with E-state index < -0.39 is 4.92 Å². The fourth-order valence-electron chi connectivity index (χ4n) is 3.78. The Morgan fingerprint density at radius 2 is 1.81 bits per heavy atom. The van der Waals surface area contributed by atoms with Crippen LogP contribution in [-0.2, 0) is 6.42 Å². The first-order chi connectivity index (χ1) is 14.9. The van der Waals surface area contributed by atoms with E-state index in [4.69, 9.17) is 0 Å². The van der Waals surface area contributed by atoms with Crippen LogP contribution in [0.4, 0.5) is 17.1 Å². The number of hydrogen-bond donors (Lipinski definition) is 1. The Morgan fingerprint density at radius 3 is 2.58 bits per heavy atom. The van der Waals surface area contributed by atoms with E-state index >= 15 is 0 Å². The van der Waals surface area contributed by atoms with Crippen LogP contribution >= 0.6 is 0 Å². The van der Waals surface area contributed by atoms with Crippen molar-refractivity contribution in [2.75, 3.05) is 16.8 Å². The molecule has 0 aliphatic carbocycles. The third kappa shape index (κ3) is 4.30. The van der Waals surface area contributed by atoms with Crippen LogP contribution in [-0.4, -0.2) is 23.3 Å². The average Bonchev–Trinajstić information content (AvgIpc) is 2.78. The molecule has 1 aliphatic heterocycles. The maximum Gasteiger partial charge on any atom is 0.271 e. The van der Waals surface area contributed by atoms with Gasteiger partial charge in [-0.2, -0.15) is 0 Å². The van der Waals surface area contributed by atoms with Crippen molar-refractivity contribution >= 4 is 28.9 Å². The fourth-order valence-corrected chi connectivity index (χ4v) is 3.78. The largest absolute Gasteiger partial charge is 0.322 e. The van der Waals surface area contributed by atoms with Crippen LogP contribution in [0.2, 0.25) is 0 Å². The van der Waals surface area contributed by atoms with Crippen LogP contribution in [0.5, 0.6) is 0 Å². The van der Waals surface area contributed by atoms with Crippen molar-refractivity contribution in [1.29, 1.82) is 0 Å². The third-order valence-electron chi connectivity index (χ3n) is 5.29. The molecule has 156 valence electrons. The topological polar surface area (TPSA) is 92.6 Å². The first kappa shape index (κ1) is 20.3. The molecule has 0 aromatic heterocycles. The number of hydrogen-bond acceptors (Lipinski definition) is 4. The predicted molar refractivity (Wildman–Crippen MR) is 119 cm³/mol. The van der Waals surface area contributed by atoms with Gasteiger partial charge in [-0.15, -0.1) is 0 Å². The molecule has 0 radical (unpaired) electrons. The van der Waals surface area contributed by atoms with E-state index in [0.717, 1.165) is 29.7 Å². The molecule has 0 atom stereocenters. The molecule has 0 saturated carbocycles. The van der Waals surface area contributed by atoms with Gasteiger partial charge < -0.3 is 10.2 Å². The summed E-state index contributed by atoms with van der Waals surface area (Å²) in [6.07, 6.45) is 1.57. The summed E-state index contributed by atoms with van der Waals surface area (Å²) in [6, 6.07) is 18.6. The SMILES string of the molecule is Cc1cccc(C(=O)N2CCCc3cc(C(=O)Nc4cccc([N+](=O)[O-])c4)ccc32)c1. The maximum atomic E-state index is 13.1. The molecule has 0 unspecified atom stereocenters. The van der Waals surface area contributed by atoms with Gasteiger partial charge in [0.2, 0.25) is 0 Å². The van der Waals surface area contributed by atoms with Crippen molar-refractivity contribution in [2.24, 2.45) is 0 Å². The molecular formula is C24H21N3O4. The van der Waals surface area contributed by atoms with Gasteiger partial charge in [-0.1, -0.05) is 23.8 Å². The Labute approximate surface area is 179 Å². The molecule has 0 bridgehead atoms. The molecule has 0 saturated heterocycles. The van der Waals surface area contributed by atoms with Crippen LogP contribution in [0.1, 0.15) is 38.3 Å². The van der Waals surface area contributed by atoms with Gasteiger partial charge in [0, 0.05) is 41.2 Å². The van der Waals surface area contributed by atoms with Crippen molar-refractivity contribution in [2.45, 2.75) is 19.8 Å². The number of carbonyl (C=O) groups excluding carboxylic acids is 2. The standard InChI is InChI=1S/C24H21N3O4/c1-16-5-2-6-19(13-16)24(29)26-12-4-7-17-14-18(10-11-22(17)26)23(28)25-20-8-3-9-21(15-20)27(30)31/h2-3,5-6,8-11,13-15H,4,7,12H2,1H3,(H,25,28). The Hall–Kier alpha value is -4.00. The summed E-state index contributed by atoms with van der Waals surface area (Å²) in [5, 5.41) is 13.6. The van der Waals surface area contributed by atoms with Gasteiger partial charge in [-0.25, -0.2) is 0 Å². The second-order valence-electron chi connectivity index (χ2n) is 7.53. The van der Waals surface area contributed by atoms with Gasteiger partial charge in [0.15, 0.2) is 0 Å². The van der Waals surface area contributed by atoms with Gasteiger partial charge in [-0.05, 0) is 61.7 Å². The Bertz CT molecular complexity index is 1190. The number of non-ortho nitro benzene ring substituents is 1. The second kappa shape index (κ2) is 8.39. The Kier molecular flexibility index (Phi) is 5.49. The lowest BCUT2D eigenvalue weighted by molar-refractivity contribution is -0.384. The summed E-state index contributed by atoms with van der Waals surface area (Å²) in [5.41, 5.74) is 4.11. The molecule has 7 heteroatoms. The number of nitrogens with one attached hydrogen (secondary N) is 1. The summed E-state index contributed by atoms with van der Waals surface area (Å²) >= 11 is 0. The molecule has 4 rings (SSSR count). The molecule has 1 aliphatic rings. The van der Waals surface area contributed by atoms with Gasteiger partial charge in [-0.3, -0.25) is 19.7 Å². The maximum absolute atomic E-state index is 13.1. The zero-order valence-corrected chi connectivity index (χ0v) is 17.0. The Balaban J connectivity index is 1.57. The number of amides is 2. The molecule has 7 nitrogen and oxygen atoms in total. The summed E-state index contributed by atoms with van der Waals surface area (Å²) in [7, 11) is 0. The highest BCUT2D eigenvalue weighted by Gasteiger charge is 2.24. The number of nitro groups is 1. The molecule has 3 aromatic carbocycles. The number of nitrogens with zero attached hydrogens (tertiary/aromatic N) is 2. The zero-order chi connectivity index (χ0) is 22.0. The van der Waals surface area contributed by atoms with Gasteiger partial charge >= 0.3 is 0 Å². The number of anilines is 2. The molecule has 31 heavy (non-hydrogen) atoms. The van der Waals surface area contributed by atoms with E-state index in [1.807, 2.05) is 31.2 Å². The predicted octanol–water partition coefficient (Wildman–Crippen LogP) is 4.75. The van der Waals surface area contributed by atoms with Crippen LogP contribution in [0, 0.1) is 17.0 Å². The van der Waals surface area contributed by atoms with Crippen molar-refractivity contribution < 1.29 is 14.5 Å². The van der Waals surface area contributed by atoms with E-state index in [-0.39, 0.29) is 17.5 Å². The lowest BCUT2D eigenvalue weighted by atomic mass is 9.98. The van der Waals surface area contributed by atoms with Gasteiger partial charge in [0.05, 0.1) is 4.92 Å². The lowest BCUT2D eigenvalue weighted by Gasteiger charge is -2.30. The minimum absolute atomic E-state index is 0.0570. The second-order valence-corrected chi connectivity index (χ2v) is 7.53. The number of rotatable bonds is 4. The van der Waals surface area contributed by atoms with E-state index in [0.29, 0.717) is 23.4 Å². The number of nitro benzene ring substituents is 1. The number of carbonyl (C=O) groups is 2. The minimum atomic E-state index is -0.506. The summed E-state index contributed by atoms with van der Waals surface area (Å²) in [5.74, 6) is -0.413. The molecule has 3 aromatic rings. The Morgan fingerprint density at radius 1 is 1.00 bits per heavy atom. The van der Waals surface area contributed by atoms with Crippen LogP contribution in [0.3, 0.4) is 0 Å². The van der Waals surface area contributed by atoms with E-state index in [9.17, 15) is 19.7 Å². The first-order valence-electron chi connectivity index (χ1n) is 9.99. The molecule has 1 heterocycles. The zero-order valence-electron chi connectivity index (χ0n) is 17.0. The molecular weight excluding hydrogens is 394 g/mol. The van der Waals surface area contributed by atoms with Crippen LogP contribution in [0.15, 0.2) is 66.7 Å². The molecule has 0 fully saturated rings. The monoisotopic (exact) mass is 415 g/mol. The lowest BCUT2D eigenvalue weighted by Crippen LogP contribution is -2.35. The van der Waals surface area contributed by atoms with Crippen LogP contribution < -0.4 is 10.2 Å². The number of aryl methyl sites for hydroxylation is 2. The summed E-state index contributed by atoms with van der Waals surface area (Å²) < 4.78 is 0. The molecule has 2 amide bonds. The average molecular weight is 415 g/mol. The highest BCUT2D eigenvalue weighted by molar-refractivity contribution is 6.08. The van der Waals surface area contributed by atoms with Crippen molar-refractivity contribution in [3.8, 4) is 0 Å². The van der Waals surface area contributed by atoms with Crippen LogP contribution in [0.25, 0.3) is 0 Å². The van der Waals surface area contributed by atoms with Crippen molar-refractivity contribution in [3.05, 3.63) is 99.1 Å². The first-order valence-corrected chi connectivity index (χ1v) is 9.99. The summed E-state index contributed by atoms with van der Waals surface area (Å²) in [4.78, 5) is 37.9. The van der Waals surface area contributed by atoms with Gasteiger partial charge in [0.1, 0.15) is 0 Å². The quantitative estimate of drug-likeness (QED) is 0.492. The number of fused-ring (bicyclic) bond motifs is 1. The highest BCUT2D eigenvalue weighted by Crippen LogP contribution is 2.30. The third-order valence-corrected chi connectivity index (χ3v) is 5.29. The van der Waals surface area contributed by atoms with E-state index in [1.165, 1.54) is 18.2 Å². The van der Waals surface area contributed by atoms with E-state index in [1.54, 1.807) is 29.2 Å². The molecule has 1 N–H and O–H groups in total. The van der Waals surface area contributed by atoms with Crippen molar-refractivity contribution in [3.63, 3.8) is 0 Å². The highest BCUT2D eigenvalue weighted by atomic mass is 16.6. The fraction of sp³-hybridized carbons (Fsp3) is 0.167. The van der Waals surface area contributed by atoms with Gasteiger partial charge in [0.25, 0.3) is 17.5 Å². The smallest absolute Gasteiger partial charge is 0.271 e. The minimum Gasteiger partial charge on any atom is -0.322 e. The summed E-state index contributed by atoms with van der Waals surface area (Å²) in [6.45, 7) is 2.58. The number of benzene rings is 3.